The van der Waals surface area contributed by atoms with Crippen LogP contribution >= 0.6 is 0 Å². The van der Waals surface area contributed by atoms with E-state index in [0.29, 0.717) is 12.1 Å². The second-order valence-electron chi connectivity index (χ2n) is 4.03. The first-order chi connectivity index (χ1) is 4.86. The molecule has 3 aliphatic rings. The van der Waals surface area contributed by atoms with E-state index in [4.69, 9.17) is 10.5 Å². The highest BCUT2D eigenvalue weighted by atomic mass is 16.5. The molecule has 0 aromatic rings. The van der Waals surface area contributed by atoms with E-state index in [1.54, 1.807) is 0 Å². The summed E-state index contributed by atoms with van der Waals surface area (Å²) in [5, 5.41) is 0. The van der Waals surface area contributed by atoms with Crippen molar-refractivity contribution in [1.29, 1.82) is 0 Å². The van der Waals surface area contributed by atoms with Crippen LogP contribution in [0.15, 0.2) is 0 Å². The standard InChI is InChI=1S/C8H13NO/c9-7-4-1-5-3-10-8(7)6(5)2-4/h4-8H,1-3,9H2/t4-,5+,6-,7+,8-/m0/s1. The van der Waals surface area contributed by atoms with Gasteiger partial charge >= 0.3 is 0 Å². The van der Waals surface area contributed by atoms with E-state index in [1.165, 1.54) is 12.8 Å². The Kier molecular flexibility index (Phi) is 0.868. The number of fused-ring (bicyclic) bond motifs is 1. The van der Waals surface area contributed by atoms with Gasteiger partial charge in [-0.15, -0.1) is 0 Å². The lowest BCUT2D eigenvalue weighted by Gasteiger charge is -2.22. The first-order valence-electron chi connectivity index (χ1n) is 4.23. The fraction of sp³-hybridized carbons (Fsp3) is 1.00. The third kappa shape index (κ3) is 0.453. The number of hydrogen-bond donors (Lipinski definition) is 1. The molecule has 1 saturated heterocycles. The van der Waals surface area contributed by atoms with Crippen LogP contribution in [0, 0.1) is 17.8 Å². The van der Waals surface area contributed by atoms with Crippen molar-refractivity contribution >= 4 is 0 Å². The van der Waals surface area contributed by atoms with Crippen LogP contribution in [0.4, 0.5) is 0 Å². The van der Waals surface area contributed by atoms with E-state index in [0.717, 1.165) is 24.4 Å². The van der Waals surface area contributed by atoms with Gasteiger partial charge in [0.15, 0.2) is 0 Å². The lowest BCUT2D eigenvalue weighted by molar-refractivity contribution is 0.0879. The first-order valence-corrected chi connectivity index (χ1v) is 4.23. The van der Waals surface area contributed by atoms with Gasteiger partial charge in [-0.2, -0.15) is 0 Å². The van der Waals surface area contributed by atoms with Crippen molar-refractivity contribution in [2.45, 2.75) is 25.0 Å². The van der Waals surface area contributed by atoms with Gasteiger partial charge in [-0.25, -0.2) is 0 Å². The van der Waals surface area contributed by atoms with Gasteiger partial charge < -0.3 is 10.5 Å². The summed E-state index contributed by atoms with van der Waals surface area (Å²) in [5.41, 5.74) is 5.98. The molecule has 0 spiro atoms. The van der Waals surface area contributed by atoms with Gasteiger partial charge in [0.2, 0.25) is 0 Å². The number of nitrogens with two attached hydrogens (primary N) is 1. The van der Waals surface area contributed by atoms with Crippen molar-refractivity contribution in [2.24, 2.45) is 23.5 Å². The number of ether oxygens (including phenoxy) is 1. The molecule has 0 amide bonds. The molecule has 2 nitrogen and oxygen atoms in total. The summed E-state index contributed by atoms with van der Waals surface area (Å²) in [6, 6.07) is 0.378. The molecule has 5 atom stereocenters. The van der Waals surface area contributed by atoms with E-state index in [9.17, 15) is 0 Å². The highest BCUT2D eigenvalue weighted by Crippen LogP contribution is 2.52. The SMILES string of the molecule is N[C@@H]1[C@H]2C[C@@H]3CO[C@H]1[C@H]3C2. The highest BCUT2D eigenvalue weighted by molar-refractivity contribution is 5.07. The van der Waals surface area contributed by atoms with Crippen LogP contribution in [0.2, 0.25) is 0 Å². The first kappa shape index (κ1) is 5.56. The summed E-state index contributed by atoms with van der Waals surface area (Å²) >= 11 is 0. The zero-order chi connectivity index (χ0) is 6.72. The Morgan fingerprint density at radius 3 is 2.80 bits per heavy atom. The summed E-state index contributed by atoms with van der Waals surface area (Å²) in [6.45, 7) is 1.000. The van der Waals surface area contributed by atoms with Crippen LogP contribution in [0.25, 0.3) is 0 Å². The summed E-state index contributed by atoms with van der Waals surface area (Å²) in [6.07, 6.45) is 3.16. The van der Waals surface area contributed by atoms with Gasteiger partial charge in [0, 0.05) is 6.04 Å². The molecule has 0 aromatic heterocycles. The van der Waals surface area contributed by atoms with Crippen molar-refractivity contribution in [3.8, 4) is 0 Å². The Labute approximate surface area is 60.7 Å². The quantitative estimate of drug-likeness (QED) is 0.526. The monoisotopic (exact) mass is 139 g/mol. The maximum absolute atomic E-state index is 5.98. The molecule has 0 radical (unpaired) electrons. The fourth-order valence-corrected chi connectivity index (χ4v) is 3.13. The van der Waals surface area contributed by atoms with Crippen LogP contribution in [-0.4, -0.2) is 18.8 Å². The van der Waals surface area contributed by atoms with Crippen LogP contribution in [0.1, 0.15) is 12.8 Å². The van der Waals surface area contributed by atoms with E-state index >= 15 is 0 Å². The average molecular weight is 139 g/mol. The molecule has 3 rings (SSSR count). The Bertz CT molecular complexity index is 169. The molecule has 1 aliphatic heterocycles. The zero-order valence-electron chi connectivity index (χ0n) is 5.99. The summed E-state index contributed by atoms with van der Waals surface area (Å²) in [7, 11) is 0. The Balaban J connectivity index is 2.00. The number of rotatable bonds is 0. The Hall–Kier alpha value is -0.0800. The van der Waals surface area contributed by atoms with E-state index < -0.39 is 0 Å². The van der Waals surface area contributed by atoms with Crippen LogP contribution in [0.3, 0.4) is 0 Å². The minimum absolute atomic E-state index is 0.378. The van der Waals surface area contributed by atoms with Crippen molar-refractivity contribution in [3.63, 3.8) is 0 Å². The Morgan fingerprint density at radius 2 is 2.10 bits per heavy atom. The van der Waals surface area contributed by atoms with Gasteiger partial charge in [0.25, 0.3) is 0 Å². The largest absolute Gasteiger partial charge is 0.376 e. The van der Waals surface area contributed by atoms with Gasteiger partial charge in [0.1, 0.15) is 0 Å². The van der Waals surface area contributed by atoms with Gasteiger partial charge in [0.05, 0.1) is 12.7 Å². The van der Waals surface area contributed by atoms with Crippen molar-refractivity contribution in [3.05, 3.63) is 0 Å². The van der Waals surface area contributed by atoms with Crippen LogP contribution in [0.5, 0.6) is 0 Å². The fourth-order valence-electron chi connectivity index (χ4n) is 3.13. The van der Waals surface area contributed by atoms with Crippen LogP contribution < -0.4 is 5.73 Å². The number of hydrogen-bond acceptors (Lipinski definition) is 2. The molecule has 56 valence electrons. The summed E-state index contributed by atoms with van der Waals surface area (Å²) in [4.78, 5) is 0. The normalized spacial score (nSPS) is 63.9. The molecule has 3 fully saturated rings. The lowest BCUT2D eigenvalue weighted by Crippen LogP contribution is -2.39. The summed E-state index contributed by atoms with van der Waals surface area (Å²) < 4.78 is 5.62. The minimum atomic E-state index is 0.378. The minimum Gasteiger partial charge on any atom is -0.376 e. The average Bonchev–Trinajstić information content (AvgIpc) is 2.43. The molecule has 2 saturated carbocycles. The molecule has 0 unspecified atom stereocenters. The summed E-state index contributed by atoms with van der Waals surface area (Å²) in [5.74, 6) is 2.54. The van der Waals surface area contributed by atoms with E-state index in [2.05, 4.69) is 0 Å². The molecule has 10 heavy (non-hydrogen) atoms. The second kappa shape index (κ2) is 1.56. The predicted octanol–water partition coefficient (Wildman–Crippen LogP) is 0.368. The van der Waals surface area contributed by atoms with Gasteiger partial charge in [-0.05, 0) is 30.6 Å². The maximum atomic E-state index is 5.98. The molecular formula is C8H13NO. The predicted molar refractivity (Wildman–Crippen MR) is 37.4 cm³/mol. The third-order valence-electron chi connectivity index (χ3n) is 3.63. The lowest BCUT2D eigenvalue weighted by atomic mass is 9.87. The highest BCUT2D eigenvalue weighted by Gasteiger charge is 2.55. The maximum Gasteiger partial charge on any atom is 0.0760 e. The van der Waals surface area contributed by atoms with E-state index in [-0.39, 0.29) is 0 Å². The second-order valence-corrected chi connectivity index (χ2v) is 4.03. The molecule has 2 heteroatoms. The van der Waals surface area contributed by atoms with E-state index in [1.807, 2.05) is 0 Å². The van der Waals surface area contributed by atoms with Gasteiger partial charge in [-0.1, -0.05) is 0 Å². The topological polar surface area (TPSA) is 35.2 Å². The zero-order valence-corrected chi connectivity index (χ0v) is 5.99. The molecular weight excluding hydrogens is 126 g/mol. The third-order valence-corrected chi connectivity index (χ3v) is 3.63. The van der Waals surface area contributed by atoms with Gasteiger partial charge in [-0.3, -0.25) is 0 Å². The van der Waals surface area contributed by atoms with Crippen molar-refractivity contribution in [1.82, 2.24) is 0 Å². The van der Waals surface area contributed by atoms with Crippen molar-refractivity contribution in [2.75, 3.05) is 6.61 Å². The van der Waals surface area contributed by atoms with Crippen molar-refractivity contribution < 1.29 is 4.74 Å². The molecule has 0 aromatic carbocycles. The molecule has 2 aliphatic carbocycles. The molecule has 2 bridgehead atoms. The van der Waals surface area contributed by atoms with Crippen LogP contribution in [-0.2, 0) is 4.74 Å². The molecule has 1 heterocycles. The Morgan fingerprint density at radius 1 is 1.20 bits per heavy atom. The molecule has 2 N–H and O–H groups in total. The smallest absolute Gasteiger partial charge is 0.0760 e.